The maximum absolute atomic E-state index is 5.51. The fraction of sp³-hybridized carbons (Fsp3) is 0.500. The van der Waals surface area contributed by atoms with Gasteiger partial charge in [-0.25, -0.2) is 4.98 Å². The van der Waals surface area contributed by atoms with Gasteiger partial charge in [0.05, 0.1) is 5.69 Å². The number of nitrogens with two attached hydrogens (primary N) is 1. The second kappa shape index (κ2) is 6.43. The molecule has 0 spiro atoms. The molecule has 0 aromatic carbocycles. The smallest absolute Gasteiger partial charge is 0.123 e. The predicted octanol–water partition coefficient (Wildman–Crippen LogP) is 1.97. The van der Waals surface area contributed by atoms with Gasteiger partial charge in [-0.1, -0.05) is 19.9 Å². The molecule has 1 unspecified atom stereocenters. The summed E-state index contributed by atoms with van der Waals surface area (Å²) in [7, 11) is 1.90. The zero-order valence-corrected chi connectivity index (χ0v) is 8.83. The molecule has 3 N–H and O–H groups in total. The summed E-state index contributed by atoms with van der Waals surface area (Å²) in [6, 6.07) is 5.91. The summed E-state index contributed by atoms with van der Waals surface area (Å²) >= 11 is 0. The van der Waals surface area contributed by atoms with Crippen molar-refractivity contribution in [2.24, 2.45) is 0 Å². The molecule has 1 heterocycles. The van der Waals surface area contributed by atoms with E-state index in [0.29, 0.717) is 5.82 Å². The summed E-state index contributed by atoms with van der Waals surface area (Å²) in [4.78, 5) is 4.16. The van der Waals surface area contributed by atoms with Crippen molar-refractivity contribution in [3.63, 3.8) is 0 Å². The number of anilines is 1. The Morgan fingerprint density at radius 1 is 1.38 bits per heavy atom. The molecule has 3 nitrogen and oxygen atoms in total. The van der Waals surface area contributed by atoms with Gasteiger partial charge < -0.3 is 11.1 Å². The van der Waals surface area contributed by atoms with E-state index in [1.165, 1.54) is 0 Å². The first-order chi connectivity index (χ1) is 6.24. The second-order valence-corrected chi connectivity index (χ2v) is 2.50. The summed E-state index contributed by atoms with van der Waals surface area (Å²) in [6.07, 6.45) is 0. The van der Waals surface area contributed by atoms with Gasteiger partial charge in [0.1, 0.15) is 5.82 Å². The Balaban J connectivity index is 0.000000671. The molecule has 74 valence electrons. The summed E-state index contributed by atoms with van der Waals surface area (Å²) < 4.78 is 0. The zero-order chi connectivity index (χ0) is 10.3. The van der Waals surface area contributed by atoms with Gasteiger partial charge in [-0.3, -0.25) is 0 Å². The quantitative estimate of drug-likeness (QED) is 0.733. The topological polar surface area (TPSA) is 50.9 Å². The van der Waals surface area contributed by atoms with E-state index in [9.17, 15) is 0 Å². The minimum absolute atomic E-state index is 0.262. The average molecular weight is 181 g/mol. The summed E-state index contributed by atoms with van der Waals surface area (Å²) in [6.45, 7) is 6.04. The predicted molar refractivity (Wildman–Crippen MR) is 57.5 cm³/mol. The summed E-state index contributed by atoms with van der Waals surface area (Å²) in [5, 5.41) is 3.09. The molecule has 1 aromatic rings. The molecule has 0 aliphatic carbocycles. The van der Waals surface area contributed by atoms with Crippen LogP contribution in [0, 0.1) is 0 Å². The number of nitrogens with one attached hydrogen (secondary N) is 1. The van der Waals surface area contributed by atoms with Crippen LogP contribution in [0.4, 0.5) is 5.82 Å². The number of pyridine rings is 1. The fourth-order valence-electron chi connectivity index (χ4n) is 0.858. The lowest BCUT2D eigenvalue weighted by molar-refractivity contribution is 0.634. The van der Waals surface area contributed by atoms with E-state index < -0.39 is 0 Å². The Hall–Kier alpha value is -1.09. The maximum atomic E-state index is 5.51. The third kappa shape index (κ3) is 3.90. The lowest BCUT2D eigenvalue weighted by atomic mass is 10.2. The molecular weight excluding hydrogens is 162 g/mol. The zero-order valence-electron chi connectivity index (χ0n) is 8.83. The Labute approximate surface area is 80.4 Å². The van der Waals surface area contributed by atoms with Crippen LogP contribution in [0.5, 0.6) is 0 Å². The van der Waals surface area contributed by atoms with Gasteiger partial charge in [-0.2, -0.15) is 0 Å². The summed E-state index contributed by atoms with van der Waals surface area (Å²) in [5.41, 5.74) is 6.49. The van der Waals surface area contributed by atoms with E-state index in [-0.39, 0.29) is 6.04 Å². The van der Waals surface area contributed by atoms with Crippen molar-refractivity contribution in [1.29, 1.82) is 0 Å². The van der Waals surface area contributed by atoms with Crippen LogP contribution < -0.4 is 11.1 Å². The van der Waals surface area contributed by atoms with Crippen LogP contribution in [0.25, 0.3) is 0 Å². The molecule has 1 rings (SSSR count). The molecule has 0 saturated carbocycles. The molecule has 0 aliphatic heterocycles. The number of rotatable bonds is 2. The van der Waals surface area contributed by atoms with E-state index in [0.717, 1.165) is 5.69 Å². The van der Waals surface area contributed by atoms with Crippen molar-refractivity contribution in [2.75, 3.05) is 12.8 Å². The largest absolute Gasteiger partial charge is 0.384 e. The van der Waals surface area contributed by atoms with E-state index in [1.54, 1.807) is 6.07 Å². The Kier molecular flexibility index (Phi) is 5.89. The SMILES string of the molecule is CC.CNC(C)c1cccc(N)n1. The number of aromatic nitrogens is 1. The molecule has 0 aliphatic rings. The van der Waals surface area contributed by atoms with Crippen LogP contribution in [-0.4, -0.2) is 12.0 Å². The van der Waals surface area contributed by atoms with Crippen molar-refractivity contribution in [2.45, 2.75) is 26.8 Å². The highest BCUT2D eigenvalue weighted by Gasteiger charge is 2.02. The van der Waals surface area contributed by atoms with Crippen LogP contribution in [0.15, 0.2) is 18.2 Å². The van der Waals surface area contributed by atoms with Gasteiger partial charge in [-0.15, -0.1) is 0 Å². The second-order valence-electron chi connectivity index (χ2n) is 2.50. The highest BCUT2D eigenvalue weighted by atomic mass is 14.9. The Bertz CT molecular complexity index is 235. The first-order valence-electron chi connectivity index (χ1n) is 4.63. The standard InChI is InChI=1S/C8H13N3.C2H6/c1-6(10-2)7-4-3-5-8(9)11-7;1-2/h3-6,10H,1-2H3,(H2,9,11);1-2H3. The molecule has 13 heavy (non-hydrogen) atoms. The first-order valence-corrected chi connectivity index (χ1v) is 4.63. The number of hydrogen-bond acceptors (Lipinski definition) is 3. The third-order valence-corrected chi connectivity index (χ3v) is 1.67. The first kappa shape index (κ1) is 11.9. The van der Waals surface area contributed by atoms with Crippen LogP contribution >= 0.6 is 0 Å². The van der Waals surface area contributed by atoms with E-state index in [4.69, 9.17) is 5.73 Å². The molecule has 1 atom stereocenters. The van der Waals surface area contributed by atoms with Crippen molar-refractivity contribution in [1.82, 2.24) is 10.3 Å². The highest BCUT2D eigenvalue weighted by Crippen LogP contribution is 2.09. The minimum atomic E-state index is 0.262. The van der Waals surface area contributed by atoms with Gasteiger partial charge in [-0.05, 0) is 26.1 Å². The highest BCUT2D eigenvalue weighted by molar-refractivity contribution is 5.29. The molecule has 0 radical (unpaired) electrons. The van der Waals surface area contributed by atoms with Gasteiger partial charge >= 0.3 is 0 Å². The summed E-state index contributed by atoms with van der Waals surface area (Å²) in [5.74, 6) is 0.574. The number of nitrogens with zero attached hydrogens (tertiary/aromatic N) is 1. The molecule has 0 amide bonds. The van der Waals surface area contributed by atoms with Crippen molar-refractivity contribution >= 4 is 5.82 Å². The third-order valence-electron chi connectivity index (χ3n) is 1.67. The van der Waals surface area contributed by atoms with Crippen LogP contribution in [0.3, 0.4) is 0 Å². The average Bonchev–Trinajstić information content (AvgIpc) is 2.20. The normalized spacial score (nSPS) is 11.4. The van der Waals surface area contributed by atoms with Gasteiger partial charge in [0.15, 0.2) is 0 Å². The molecule has 0 saturated heterocycles. The molecule has 3 heteroatoms. The number of nitrogen functional groups attached to an aromatic ring is 1. The van der Waals surface area contributed by atoms with Gasteiger partial charge in [0.25, 0.3) is 0 Å². The Morgan fingerprint density at radius 2 is 2.00 bits per heavy atom. The fourth-order valence-corrected chi connectivity index (χ4v) is 0.858. The van der Waals surface area contributed by atoms with Crippen molar-refractivity contribution in [3.8, 4) is 0 Å². The van der Waals surface area contributed by atoms with Crippen LogP contribution in [0.2, 0.25) is 0 Å². The molecule has 0 bridgehead atoms. The Morgan fingerprint density at radius 3 is 2.46 bits per heavy atom. The monoisotopic (exact) mass is 181 g/mol. The van der Waals surface area contributed by atoms with Crippen LogP contribution in [-0.2, 0) is 0 Å². The van der Waals surface area contributed by atoms with Gasteiger partial charge in [0, 0.05) is 6.04 Å². The van der Waals surface area contributed by atoms with Gasteiger partial charge in [0.2, 0.25) is 0 Å². The van der Waals surface area contributed by atoms with Crippen LogP contribution in [0.1, 0.15) is 32.5 Å². The van der Waals surface area contributed by atoms with Crippen molar-refractivity contribution < 1.29 is 0 Å². The van der Waals surface area contributed by atoms with Crippen molar-refractivity contribution in [3.05, 3.63) is 23.9 Å². The maximum Gasteiger partial charge on any atom is 0.123 e. The molecule has 1 aromatic heterocycles. The van der Waals surface area contributed by atoms with E-state index in [2.05, 4.69) is 10.3 Å². The van der Waals surface area contributed by atoms with E-state index >= 15 is 0 Å². The minimum Gasteiger partial charge on any atom is -0.384 e. The lowest BCUT2D eigenvalue weighted by Crippen LogP contribution is -2.14. The molecule has 0 fully saturated rings. The number of hydrogen-bond donors (Lipinski definition) is 2. The lowest BCUT2D eigenvalue weighted by Gasteiger charge is -2.08. The molecular formula is C10H19N3. The van der Waals surface area contributed by atoms with E-state index in [1.807, 2.05) is 40.0 Å².